The van der Waals surface area contributed by atoms with Crippen LogP contribution in [-0.2, 0) is 13.3 Å². The van der Waals surface area contributed by atoms with E-state index in [0.29, 0.717) is 42.7 Å². The molecule has 0 bridgehead atoms. The highest BCUT2D eigenvalue weighted by Gasteiger charge is 2.15. The highest BCUT2D eigenvalue weighted by Crippen LogP contribution is 2.28. The molecule has 0 unspecified atom stereocenters. The number of aromatic nitrogens is 4. The molecule has 12 heteroatoms. The van der Waals surface area contributed by atoms with Crippen LogP contribution < -0.4 is 10.1 Å². The number of nitrogens with one attached hydrogen (secondary N) is 1. The predicted molar refractivity (Wildman–Crippen MR) is 133 cm³/mol. The average molecular weight is 590 g/mol. The monoisotopic (exact) mass is 587 g/mol. The third kappa shape index (κ3) is 6.02. The zero-order chi connectivity index (χ0) is 23.5. The van der Waals surface area contributed by atoms with Gasteiger partial charge in [-0.2, -0.15) is 10.2 Å². The Labute approximate surface area is 217 Å². The normalized spacial score (nSPS) is 10.9. The minimum atomic E-state index is -0.422. The van der Waals surface area contributed by atoms with Gasteiger partial charge >= 0.3 is 0 Å². The summed E-state index contributed by atoms with van der Waals surface area (Å²) in [5, 5.41) is 13.3. The minimum absolute atomic E-state index is 0.0643. The molecule has 170 valence electrons. The Morgan fingerprint density at radius 1 is 0.970 bits per heavy atom. The molecule has 2 aromatic carbocycles. The summed E-state index contributed by atoms with van der Waals surface area (Å²) < 4.78 is 9.35. The van der Waals surface area contributed by atoms with Crippen molar-refractivity contribution in [3.8, 4) is 5.75 Å². The SMILES string of the molecule is O=C(Nc1nn(Cc2ccc(Cl)cc2Cl)cc1Br)c1ccn(COc2ccc(Cl)cc2Cl)n1. The summed E-state index contributed by atoms with van der Waals surface area (Å²) in [6.45, 7) is 0.471. The van der Waals surface area contributed by atoms with Gasteiger partial charge in [-0.1, -0.05) is 52.5 Å². The van der Waals surface area contributed by atoms with Crippen LogP contribution in [0, 0.1) is 0 Å². The maximum atomic E-state index is 12.6. The largest absolute Gasteiger partial charge is 0.470 e. The molecular formula is C21H14BrCl4N5O2. The van der Waals surface area contributed by atoms with Crippen molar-refractivity contribution in [2.24, 2.45) is 0 Å². The van der Waals surface area contributed by atoms with E-state index >= 15 is 0 Å². The Hall–Kier alpha value is -2.23. The van der Waals surface area contributed by atoms with Crippen LogP contribution in [0.3, 0.4) is 0 Å². The standard InChI is InChI=1S/C21H14BrCl4N5O2/c22-15-10-31(9-12-1-2-13(23)7-16(12)25)29-20(15)27-21(32)18-5-6-30(28-18)11-33-19-4-3-14(24)8-17(19)26/h1-8,10H,9,11H2,(H,27,29,32). The van der Waals surface area contributed by atoms with Crippen molar-refractivity contribution in [3.63, 3.8) is 0 Å². The van der Waals surface area contributed by atoms with Crippen molar-refractivity contribution >= 4 is 74.1 Å². The van der Waals surface area contributed by atoms with E-state index in [1.807, 2.05) is 6.07 Å². The van der Waals surface area contributed by atoms with Gasteiger partial charge in [-0.25, -0.2) is 4.68 Å². The molecule has 0 aliphatic rings. The first-order chi connectivity index (χ1) is 15.8. The van der Waals surface area contributed by atoms with Gasteiger partial charge < -0.3 is 10.1 Å². The lowest BCUT2D eigenvalue weighted by molar-refractivity contribution is 0.101. The summed E-state index contributed by atoms with van der Waals surface area (Å²) in [6, 6.07) is 11.7. The molecule has 0 saturated carbocycles. The van der Waals surface area contributed by atoms with E-state index < -0.39 is 5.91 Å². The van der Waals surface area contributed by atoms with E-state index in [2.05, 4.69) is 31.4 Å². The molecule has 2 heterocycles. The fraction of sp³-hybridized carbons (Fsp3) is 0.0952. The van der Waals surface area contributed by atoms with Crippen LogP contribution in [-0.4, -0.2) is 25.5 Å². The van der Waals surface area contributed by atoms with E-state index in [9.17, 15) is 4.79 Å². The number of benzene rings is 2. The molecule has 1 amide bonds. The molecule has 0 fully saturated rings. The first-order valence-electron chi connectivity index (χ1n) is 9.38. The maximum Gasteiger partial charge on any atom is 0.277 e. The van der Waals surface area contributed by atoms with Crippen molar-refractivity contribution in [1.29, 1.82) is 0 Å². The van der Waals surface area contributed by atoms with Crippen LogP contribution in [0.1, 0.15) is 16.1 Å². The highest BCUT2D eigenvalue weighted by atomic mass is 79.9. The number of anilines is 1. The number of halogens is 5. The summed E-state index contributed by atoms with van der Waals surface area (Å²) in [5.74, 6) is 0.385. The van der Waals surface area contributed by atoms with Crippen LogP contribution in [0.4, 0.5) is 5.82 Å². The number of carbonyl (C=O) groups excluding carboxylic acids is 1. The van der Waals surface area contributed by atoms with Gasteiger partial charge in [0.25, 0.3) is 5.91 Å². The summed E-state index contributed by atoms with van der Waals surface area (Å²) in [6.07, 6.45) is 3.36. The Kier molecular flexibility index (Phi) is 7.51. The quantitative estimate of drug-likeness (QED) is 0.257. The molecule has 0 aliphatic carbocycles. The smallest absolute Gasteiger partial charge is 0.277 e. The number of carbonyl (C=O) groups is 1. The first-order valence-corrected chi connectivity index (χ1v) is 11.7. The summed E-state index contributed by atoms with van der Waals surface area (Å²) in [4.78, 5) is 12.6. The lowest BCUT2D eigenvalue weighted by Gasteiger charge is -2.08. The predicted octanol–water partition coefficient (Wildman–Crippen LogP) is 6.79. The lowest BCUT2D eigenvalue weighted by atomic mass is 10.2. The van der Waals surface area contributed by atoms with Crippen molar-refractivity contribution in [2.75, 3.05) is 5.32 Å². The van der Waals surface area contributed by atoms with Crippen LogP contribution >= 0.6 is 62.3 Å². The van der Waals surface area contributed by atoms with Gasteiger partial charge in [0.05, 0.1) is 16.0 Å². The number of hydrogen-bond donors (Lipinski definition) is 1. The van der Waals surface area contributed by atoms with Gasteiger partial charge in [-0.3, -0.25) is 9.48 Å². The molecule has 0 spiro atoms. The second-order valence-electron chi connectivity index (χ2n) is 6.80. The van der Waals surface area contributed by atoms with Gasteiger partial charge in [0.1, 0.15) is 5.75 Å². The molecule has 0 atom stereocenters. The first kappa shape index (κ1) is 23.9. The molecule has 0 radical (unpaired) electrons. The number of hydrogen-bond acceptors (Lipinski definition) is 4. The van der Waals surface area contributed by atoms with Crippen molar-refractivity contribution in [2.45, 2.75) is 13.3 Å². The van der Waals surface area contributed by atoms with E-state index in [1.54, 1.807) is 53.5 Å². The summed E-state index contributed by atoms with van der Waals surface area (Å²) >= 11 is 27.6. The van der Waals surface area contributed by atoms with Crippen molar-refractivity contribution < 1.29 is 9.53 Å². The Balaban J connectivity index is 1.39. The molecular weight excluding hydrogens is 576 g/mol. The maximum absolute atomic E-state index is 12.6. The minimum Gasteiger partial charge on any atom is -0.470 e. The molecule has 4 aromatic rings. The summed E-state index contributed by atoms with van der Waals surface area (Å²) in [5.41, 5.74) is 1.04. The Morgan fingerprint density at radius 2 is 1.70 bits per heavy atom. The van der Waals surface area contributed by atoms with E-state index in [4.69, 9.17) is 51.1 Å². The molecule has 1 N–H and O–H groups in total. The summed E-state index contributed by atoms with van der Waals surface area (Å²) in [7, 11) is 0. The highest BCUT2D eigenvalue weighted by molar-refractivity contribution is 9.10. The van der Waals surface area contributed by atoms with Gasteiger partial charge in [0.2, 0.25) is 0 Å². The Morgan fingerprint density at radius 3 is 2.42 bits per heavy atom. The number of ether oxygens (including phenoxy) is 1. The van der Waals surface area contributed by atoms with E-state index in [-0.39, 0.29) is 12.4 Å². The van der Waals surface area contributed by atoms with Crippen molar-refractivity contribution in [1.82, 2.24) is 19.6 Å². The van der Waals surface area contributed by atoms with Crippen LogP contribution in [0.15, 0.2) is 59.3 Å². The fourth-order valence-corrected chi connectivity index (χ4v) is 4.19. The van der Waals surface area contributed by atoms with Gasteiger partial charge in [0, 0.05) is 27.5 Å². The van der Waals surface area contributed by atoms with Gasteiger partial charge in [0.15, 0.2) is 18.2 Å². The molecule has 2 aromatic heterocycles. The molecule has 0 saturated heterocycles. The zero-order valence-corrected chi connectivity index (χ0v) is 21.2. The number of amides is 1. The van der Waals surface area contributed by atoms with Gasteiger partial charge in [-0.05, 0) is 57.9 Å². The molecule has 7 nitrogen and oxygen atoms in total. The third-order valence-corrected chi connectivity index (χ3v) is 6.11. The zero-order valence-electron chi connectivity index (χ0n) is 16.6. The molecule has 4 rings (SSSR count). The average Bonchev–Trinajstić information content (AvgIpc) is 3.36. The van der Waals surface area contributed by atoms with Crippen molar-refractivity contribution in [3.05, 3.63) is 90.7 Å². The van der Waals surface area contributed by atoms with E-state index in [0.717, 1.165) is 5.56 Å². The lowest BCUT2D eigenvalue weighted by Crippen LogP contribution is -2.15. The molecule has 33 heavy (non-hydrogen) atoms. The van der Waals surface area contributed by atoms with Crippen LogP contribution in [0.5, 0.6) is 5.75 Å². The number of nitrogens with zero attached hydrogens (tertiary/aromatic N) is 4. The van der Waals surface area contributed by atoms with Crippen LogP contribution in [0.25, 0.3) is 0 Å². The van der Waals surface area contributed by atoms with Gasteiger partial charge in [-0.15, -0.1) is 0 Å². The van der Waals surface area contributed by atoms with E-state index in [1.165, 1.54) is 4.68 Å². The topological polar surface area (TPSA) is 74.0 Å². The Bertz CT molecular complexity index is 1320. The fourth-order valence-electron chi connectivity index (χ4n) is 2.84. The number of rotatable bonds is 7. The second-order valence-corrected chi connectivity index (χ2v) is 9.34. The second kappa shape index (κ2) is 10.4. The van der Waals surface area contributed by atoms with Crippen LogP contribution in [0.2, 0.25) is 20.1 Å². The third-order valence-electron chi connectivity index (χ3n) is 4.42. The molecule has 0 aliphatic heterocycles.